The Bertz CT molecular complexity index is 391. The third kappa shape index (κ3) is 3.25. The van der Waals surface area contributed by atoms with E-state index in [9.17, 15) is 0 Å². The maximum atomic E-state index is 5.70. The molecule has 0 unspecified atom stereocenters. The van der Waals surface area contributed by atoms with Gasteiger partial charge in [0.05, 0.1) is 0 Å². The van der Waals surface area contributed by atoms with Crippen molar-refractivity contribution >= 4 is 21.6 Å². The van der Waals surface area contributed by atoms with Crippen molar-refractivity contribution in [2.45, 2.75) is 25.3 Å². The molecule has 0 saturated carbocycles. The fourth-order valence-corrected chi connectivity index (χ4v) is 2.93. The smallest absolute Gasteiger partial charge is 0.0485 e. The number of ether oxygens (including phenoxy) is 1. The molecule has 0 bridgehead atoms. The molecule has 0 radical (unpaired) electrons. The molecular formula is C14H21BrN2O. The van der Waals surface area contributed by atoms with E-state index in [4.69, 9.17) is 10.5 Å². The van der Waals surface area contributed by atoms with E-state index in [-0.39, 0.29) is 0 Å². The maximum Gasteiger partial charge on any atom is 0.0485 e. The molecule has 4 heteroatoms. The highest BCUT2D eigenvalue weighted by Crippen LogP contribution is 2.28. The number of anilines is 1. The SMILES string of the molecule is CN(c1ccc(Br)cc1CCN)C1CCOCC1. The number of nitrogens with two attached hydrogens (primary N) is 1. The molecule has 3 nitrogen and oxygen atoms in total. The van der Waals surface area contributed by atoms with E-state index >= 15 is 0 Å². The highest BCUT2D eigenvalue weighted by molar-refractivity contribution is 9.10. The lowest BCUT2D eigenvalue weighted by Gasteiger charge is -2.34. The number of halogens is 1. The quantitative estimate of drug-likeness (QED) is 0.928. The van der Waals surface area contributed by atoms with E-state index < -0.39 is 0 Å². The summed E-state index contributed by atoms with van der Waals surface area (Å²) in [6.07, 6.45) is 3.13. The van der Waals surface area contributed by atoms with E-state index in [0.29, 0.717) is 12.6 Å². The summed E-state index contributed by atoms with van der Waals surface area (Å²) < 4.78 is 6.55. The molecule has 1 aromatic rings. The summed E-state index contributed by atoms with van der Waals surface area (Å²) in [4.78, 5) is 2.39. The van der Waals surface area contributed by atoms with Crippen molar-refractivity contribution in [1.82, 2.24) is 0 Å². The highest BCUT2D eigenvalue weighted by Gasteiger charge is 2.20. The molecule has 2 N–H and O–H groups in total. The Morgan fingerprint density at radius 1 is 1.39 bits per heavy atom. The molecule has 0 aliphatic carbocycles. The maximum absolute atomic E-state index is 5.70. The zero-order valence-electron chi connectivity index (χ0n) is 10.9. The van der Waals surface area contributed by atoms with Crippen molar-refractivity contribution in [3.05, 3.63) is 28.2 Å². The standard InChI is InChI=1S/C14H21BrN2O/c1-17(13-5-8-18-9-6-13)14-3-2-12(15)10-11(14)4-7-16/h2-3,10,13H,4-9,16H2,1H3. The molecule has 1 fully saturated rings. The molecule has 0 amide bonds. The fraction of sp³-hybridized carbons (Fsp3) is 0.571. The Kier molecular flexibility index (Phi) is 5.03. The minimum atomic E-state index is 0.580. The Balaban J connectivity index is 2.19. The summed E-state index contributed by atoms with van der Waals surface area (Å²) in [6.45, 7) is 2.43. The average molecular weight is 313 g/mol. The minimum Gasteiger partial charge on any atom is -0.381 e. The van der Waals surface area contributed by atoms with Crippen LogP contribution in [-0.2, 0) is 11.2 Å². The van der Waals surface area contributed by atoms with Crippen LogP contribution >= 0.6 is 15.9 Å². The van der Waals surface area contributed by atoms with Crippen LogP contribution in [0, 0.1) is 0 Å². The monoisotopic (exact) mass is 312 g/mol. The second kappa shape index (κ2) is 6.55. The van der Waals surface area contributed by atoms with Gasteiger partial charge in [0.1, 0.15) is 0 Å². The van der Waals surface area contributed by atoms with Gasteiger partial charge in [0.15, 0.2) is 0 Å². The Hall–Kier alpha value is -0.580. The molecule has 2 rings (SSSR count). The summed E-state index contributed by atoms with van der Waals surface area (Å²) in [6, 6.07) is 7.05. The van der Waals surface area contributed by atoms with Crippen molar-refractivity contribution in [2.75, 3.05) is 31.7 Å². The van der Waals surface area contributed by atoms with Gasteiger partial charge in [-0.15, -0.1) is 0 Å². The van der Waals surface area contributed by atoms with Gasteiger partial charge in [0.25, 0.3) is 0 Å². The second-order valence-electron chi connectivity index (χ2n) is 4.77. The number of benzene rings is 1. The van der Waals surface area contributed by atoms with Crippen molar-refractivity contribution in [2.24, 2.45) is 5.73 Å². The van der Waals surface area contributed by atoms with E-state index in [1.54, 1.807) is 0 Å². The first-order valence-electron chi connectivity index (χ1n) is 6.51. The van der Waals surface area contributed by atoms with Crippen LogP contribution < -0.4 is 10.6 Å². The molecule has 100 valence electrons. The summed E-state index contributed by atoms with van der Waals surface area (Å²) in [5, 5.41) is 0. The Morgan fingerprint density at radius 2 is 2.11 bits per heavy atom. The first kappa shape index (κ1) is 13.8. The lowest BCUT2D eigenvalue weighted by molar-refractivity contribution is 0.0854. The summed E-state index contributed by atoms with van der Waals surface area (Å²) >= 11 is 3.53. The van der Waals surface area contributed by atoms with E-state index in [0.717, 1.165) is 36.9 Å². The van der Waals surface area contributed by atoms with Gasteiger partial charge in [-0.2, -0.15) is 0 Å². The van der Waals surface area contributed by atoms with Crippen LogP contribution in [0.25, 0.3) is 0 Å². The molecule has 1 aliphatic rings. The normalized spacial score (nSPS) is 16.8. The lowest BCUT2D eigenvalue weighted by atomic mass is 10.0. The van der Waals surface area contributed by atoms with E-state index in [2.05, 4.69) is 46.1 Å². The van der Waals surface area contributed by atoms with Gasteiger partial charge in [0, 0.05) is 36.5 Å². The largest absolute Gasteiger partial charge is 0.381 e. The molecule has 1 saturated heterocycles. The van der Waals surface area contributed by atoms with Gasteiger partial charge in [-0.1, -0.05) is 15.9 Å². The van der Waals surface area contributed by atoms with Gasteiger partial charge >= 0.3 is 0 Å². The van der Waals surface area contributed by atoms with Gasteiger partial charge in [-0.05, 0) is 49.6 Å². The summed E-state index contributed by atoms with van der Waals surface area (Å²) in [7, 11) is 2.18. The van der Waals surface area contributed by atoms with Crippen molar-refractivity contribution in [3.63, 3.8) is 0 Å². The van der Waals surface area contributed by atoms with Crippen LogP contribution in [0.4, 0.5) is 5.69 Å². The number of nitrogens with zero attached hydrogens (tertiary/aromatic N) is 1. The average Bonchev–Trinajstić information content (AvgIpc) is 2.40. The van der Waals surface area contributed by atoms with Crippen LogP contribution in [0.3, 0.4) is 0 Å². The zero-order valence-corrected chi connectivity index (χ0v) is 12.4. The zero-order chi connectivity index (χ0) is 13.0. The fourth-order valence-electron chi connectivity index (χ4n) is 2.52. The van der Waals surface area contributed by atoms with Crippen LogP contribution in [0.2, 0.25) is 0 Å². The van der Waals surface area contributed by atoms with Crippen molar-refractivity contribution < 1.29 is 4.74 Å². The van der Waals surface area contributed by atoms with E-state index in [1.165, 1.54) is 11.3 Å². The summed E-state index contributed by atoms with van der Waals surface area (Å²) in [5.41, 5.74) is 8.33. The van der Waals surface area contributed by atoms with Gasteiger partial charge in [-0.3, -0.25) is 0 Å². The van der Waals surface area contributed by atoms with Crippen molar-refractivity contribution in [1.29, 1.82) is 0 Å². The van der Waals surface area contributed by atoms with E-state index in [1.807, 2.05) is 0 Å². The molecule has 0 aromatic heterocycles. The molecule has 0 spiro atoms. The van der Waals surface area contributed by atoms with Crippen LogP contribution in [0.15, 0.2) is 22.7 Å². The first-order chi connectivity index (χ1) is 8.72. The molecule has 1 aromatic carbocycles. The van der Waals surface area contributed by atoms with Gasteiger partial charge in [0.2, 0.25) is 0 Å². The van der Waals surface area contributed by atoms with Gasteiger partial charge < -0.3 is 15.4 Å². The minimum absolute atomic E-state index is 0.580. The third-order valence-electron chi connectivity index (χ3n) is 3.57. The number of rotatable bonds is 4. The first-order valence-corrected chi connectivity index (χ1v) is 7.30. The summed E-state index contributed by atoms with van der Waals surface area (Å²) in [5.74, 6) is 0. The lowest BCUT2D eigenvalue weighted by Crippen LogP contribution is -2.37. The predicted molar refractivity (Wildman–Crippen MR) is 79.1 cm³/mol. The third-order valence-corrected chi connectivity index (χ3v) is 4.07. The molecule has 1 heterocycles. The van der Waals surface area contributed by atoms with Crippen molar-refractivity contribution in [3.8, 4) is 0 Å². The Labute approximate surface area is 117 Å². The molecule has 0 atom stereocenters. The highest BCUT2D eigenvalue weighted by atomic mass is 79.9. The van der Waals surface area contributed by atoms with Gasteiger partial charge in [-0.25, -0.2) is 0 Å². The molecule has 1 aliphatic heterocycles. The van der Waals surface area contributed by atoms with Crippen LogP contribution in [0.1, 0.15) is 18.4 Å². The predicted octanol–water partition coefficient (Wildman–Crippen LogP) is 2.57. The molecular weight excluding hydrogens is 292 g/mol. The van der Waals surface area contributed by atoms with Crippen LogP contribution in [-0.4, -0.2) is 32.8 Å². The number of hydrogen-bond donors (Lipinski definition) is 1. The Morgan fingerprint density at radius 3 is 2.78 bits per heavy atom. The van der Waals surface area contributed by atoms with Crippen LogP contribution in [0.5, 0.6) is 0 Å². The topological polar surface area (TPSA) is 38.5 Å². The number of hydrogen-bond acceptors (Lipinski definition) is 3. The molecule has 18 heavy (non-hydrogen) atoms. The second-order valence-corrected chi connectivity index (χ2v) is 5.68.